The number of fused-ring (bicyclic) bond motifs is 2. The molecule has 0 amide bonds. The maximum atomic E-state index is 12.5. The summed E-state index contributed by atoms with van der Waals surface area (Å²) < 4.78 is 12.1. The SMILES string of the molecule is Cc1cc(=O)cc2c3c1[C@H]1O[C@@H]4C[C@H](C2)[C@@H]2C(=O)O[C@@H]4[C@H]1[C@@H]32. The van der Waals surface area contributed by atoms with E-state index in [1.165, 1.54) is 11.1 Å². The van der Waals surface area contributed by atoms with Crippen LogP contribution in [0.5, 0.6) is 0 Å². The molecule has 0 unspecified atom stereocenters. The molecule has 22 heavy (non-hydrogen) atoms. The van der Waals surface area contributed by atoms with Gasteiger partial charge in [-0.25, -0.2) is 0 Å². The van der Waals surface area contributed by atoms with Crippen LogP contribution in [-0.2, 0) is 20.7 Å². The summed E-state index contributed by atoms with van der Waals surface area (Å²) in [5.41, 5.74) is 4.67. The van der Waals surface area contributed by atoms with E-state index in [4.69, 9.17) is 9.47 Å². The smallest absolute Gasteiger partial charge is 0.310 e. The van der Waals surface area contributed by atoms with Crippen molar-refractivity contribution >= 4 is 5.97 Å². The molecule has 6 bridgehead atoms. The average Bonchev–Trinajstić information content (AvgIpc) is 2.87. The quantitative estimate of drug-likeness (QED) is 0.683. The predicted molar refractivity (Wildman–Crippen MR) is 76.5 cm³/mol. The normalized spacial score (nSPS) is 45.1. The molecule has 1 aromatic carbocycles. The fourth-order valence-electron chi connectivity index (χ4n) is 6.08. The maximum absolute atomic E-state index is 12.5. The van der Waals surface area contributed by atoms with Gasteiger partial charge in [-0.3, -0.25) is 9.59 Å². The number of hydrogen-bond donors (Lipinski definition) is 0. The Kier molecular flexibility index (Phi) is 1.86. The summed E-state index contributed by atoms with van der Waals surface area (Å²) in [7, 11) is 0. The van der Waals surface area contributed by atoms with Crippen molar-refractivity contribution in [3.05, 3.63) is 44.6 Å². The Hall–Kier alpha value is -1.68. The zero-order chi connectivity index (χ0) is 14.7. The lowest BCUT2D eigenvalue weighted by atomic mass is 9.67. The van der Waals surface area contributed by atoms with Crippen LogP contribution in [0.3, 0.4) is 0 Å². The Balaban J connectivity index is 1.78. The van der Waals surface area contributed by atoms with Crippen molar-refractivity contribution in [2.24, 2.45) is 17.8 Å². The van der Waals surface area contributed by atoms with Gasteiger partial charge in [-0.05, 0) is 60.1 Å². The van der Waals surface area contributed by atoms with Crippen molar-refractivity contribution in [1.29, 1.82) is 0 Å². The van der Waals surface area contributed by atoms with Crippen LogP contribution in [0.15, 0.2) is 16.9 Å². The fourth-order valence-corrected chi connectivity index (χ4v) is 6.08. The molecule has 4 heteroatoms. The van der Waals surface area contributed by atoms with E-state index in [0.717, 1.165) is 24.0 Å². The molecule has 3 heterocycles. The molecule has 0 spiro atoms. The summed E-state index contributed by atoms with van der Waals surface area (Å²) in [5.74, 6) is 0.677. The Labute approximate surface area is 127 Å². The number of hydrogen-bond acceptors (Lipinski definition) is 4. The van der Waals surface area contributed by atoms with E-state index in [2.05, 4.69) is 0 Å². The number of carbonyl (C=O) groups is 1. The number of esters is 1. The third kappa shape index (κ3) is 1.11. The van der Waals surface area contributed by atoms with Gasteiger partial charge in [0.15, 0.2) is 5.43 Å². The minimum absolute atomic E-state index is 0.00944. The monoisotopic (exact) mass is 296 g/mol. The first-order chi connectivity index (χ1) is 10.6. The van der Waals surface area contributed by atoms with E-state index in [-0.39, 0.29) is 53.4 Å². The van der Waals surface area contributed by atoms with E-state index in [9.17, 15) is 9.59 Å². The molecule has 0 aromatic heterocycles. The highest BCUT2D eigenvalue weighted by molar-refractivity contribution is 5.78. The van der Waals surface area contributed by atoms with Gasteiger partial charge in [0.1, 0.15) is 6.10 Å². The van der Waals surface area contributed by atoms with Crippen LogP contribution in [0.2, 0.25) is 0 Å². The lowest BCUT2D eigenvalue weighted by molar-refractivity contribution is -0.166. The second kappa shape index (κ2) is 3.46. The molecule has 7 rings (SSSR count). The van der Waals surface area contributed by atoms with Crippen LogP contribution in [0, 0.1) is 24.7 Å². The van der Waals surface area contributed by atoms with Crippen LogP contribution in [0.4, 0.5) is 0 Å². The summed E-state index contributed by atoms with van der Waals surface area (Å²) in [6, 6.07) is 3.53. The molecule has 3 saturated heterocycles. The summed E-state index contributed by atoms with van der Waals surface area (Å²) in [6.45, 7) is 2.00. The summed E-state index contributed by atoms with van der Waals surface area (Å²) in [5, 5.41) is 0. The first-order valence-corrected chi connectivity index (χ1v) is 8.17. The molecule has 0 N–H and O–H groups in total. The van der Waals surface area contributed by atoms with Crippen LogP contribution in [-0.4, -0.2) is 18.2 Å². The number of ether oxygens (including phenoxy) is 2. The molecule has 1 saturated carbocycles. The molecule has 7 atom stereocenters. The Morgan fingerprint density at radius 1 is 1.14 bits per heavy atom. The van der Waals surface area contributed by atoms with Gasteiger partial charge in [0.25, 0.3) is 0 Å². The minimum Gasteiger partial charge on any atom is -0.459 e. The van der Waals surface area contributed by atoms with Gasteiger partial charge in [-0.1, -0.05) is 0 Å². The number of rotatable bonds is 0. The summed E-state index contributed by atoms with van der Waals surface area (Å²) in [6.07, 6.45) is 1.67. The molecule has 3 aliphatic carbocycles. The molecule has 4 nitrogen and oxygen atoms in total. The molecule has 112 valence electrons. The van der Waals surface area contributed by atoms with E-state index in [1.807, 2.05) is 6.92 Å². The van der Waals surface area contributed by atoms with E-state index >= 15 is 0 Å². The van der Waals surface area contributed by atoms with Crippen molar-refractivity contribution in [3.63, 3.8) is 0 Å². The third-order valence-corrected chi connectivity index (χ3v) is 6.62. The zero-order valence-electron chi connectivity index (χ0n) is 12.2. The molecule has 0 radical (unpaired) electrons. The lowest BCUT2D eigenvalue weighted by Gasteiger charge is -2.40. The van der Waals surface area contributed by atoms with E-state index in [0.29, 0.717) is 0 Å². The highest BCUT2D eigenvalue weighted by Crippen LogP contribution is 2.67. The Morgan fingerprint density at radius 3 is 2.86 bits per heavy atom. The average molecular weight is 296 g/mol. The van der Waals surface area contributed by atoms with Crippen molar-refractivity contribution in [2.75, 3.05) is 0 Å². The lowest BCUT2D eigenvalue weighted by Crippen LogP contribution is -2.44. The zero-order valence-corrected chi connectivity index (χ0v) is 12.2. The second-order valence-corrected chi connectivity index (χ2v) is 7.55. The predicted octanol–water partition coefficient (Wildman–Crippen LogP) is 1.63. The van der Waals surface area contributed by atoms with Gasteiger partial charge in [0.2, 0.25) is 0 Å². The van der Waals surface area contributed by atoms with Crippen LogP contribution < -0.4 is 5.43 Å². The third-order valence-electron chi connectivity index (χ3n) is 6.62. The van der Waals surface area contributed by atoms with Gasteiger partial charge >= 0.3 is 5.97 Å². The molecule has 3 aliphatic heterocycles. The molecule has 1 aromatic rings. The van der Waals surface area contributed by atoms with Crippen LogP contribution >= 0.6 is 0 Å². The van der Waals surface area contributed by atoms with Gasteiger partial charge < -0.3 is 9.47 Å². The summed E-state index contributed by atoms with van der Waals surface area (Å²) in [4.78, 5) is 24.7. The fraction of sp³-hybridized carbons (Fsp3) is 0.556. The highest BCUT2D eigenvalue weighted by Gasteiger charge is 2.67. The van der Waals surface area contributed by atoms with E-state index < -0.39 is 0 Å². The number of carbonyl (C=O) groups excluding carboxylic acids is 1. The van der Waals surface area contributed by atoms with Gasteiger partial charge in [0.05, 0.1) is 18.1 Å². The minimum atomic E-state index is -0.0847. The first-order valence-electron chi connectivity index (χ1n) is 8.17. The maximum Gasteiger partial charge on any atom is 0.310 e. The number of aryl methyl sites for hydroxylation is 1. The van der Waals surface area contributed by atoms with Gasteiger partial charge in [-0.15, -0.1) is 0 Å². The Bertz CT molecular complexity index is 813. The topological polar surface area (TPSA) is 52.6 Å². The van der Waals surface area contributed by atoms with Crippen molar-refractivity contribution in [1.82, 2.24) is 0 Å². The highest BCUT2D eigenvalue weighted by atomic mass is 16.6. The van der Waals surface area contributed by atoms with Crippen molar-refractivity contribution < 1.29 is 14.3 Å². The van der Waals surface area contributed by atoms with Crippen LogP contribution in [0.25, 0.3) is 0 Å². The largest absolute Gasteiger partial charge is 0.459 e. The van der Waals surface area contributed by atoms with Crippen molar-refractivity contribution in [2.45, 2.75) is 44.0 Å². The second-order valence-electron chi connectivity index (χ2n) is 7.55. The van der Waals surface area contributed by atoms with Gasteiger partial charge in [-0.2, -0.15) is 0 Å². The summed E-state index contributed by atoms with van der Waals surface area (Å²) >= 11 is 0. The van der Waals surface area contributed by atoms with Crippen molar-refractivity contribution in [3.8, 4) is 0 Å². The van der Waals surface area contributed by atoms with Crippen LogP contribution in [0.1, 0.15) is 40.7 Å². The van der Waals surface area contributed by atoms with E-state index in [1.54, 1.807) is 12.1 Å². The molecule has 4 fully saturated rings. The molecular weight excluding hydrogens is 280 g/mol. The van der Waals surface area contributed by atoms with Gasteiger partial charge in [0, 0.05) is 11.8 Å². The molecule has 6 aliphatic rings. The standard InChI is InChI=1S/C18H16O4/c1-6-2-9(19)4-7-3-8-5-10-16-15-14(13(8)18(20)22-16)12(7)11(6)17(15)21-10/h2,4,8,10,13-17H,3,5H2,1H3/t8-,10+,13-,14-,15+,16-,17+/m0/s1. The Morgan fingerprint density at radius 2 is 2.00 bits per heavy atom. The first kappa shape index (κ1) is 11.8. The molecular formula is C18H16O4.